The summed E-state index contributed by atoms with van der Waals surface area (Å²) in [6, 6.07) is 12.9. The molecule has 0 saturated carbocycles. The number of carbonyl (C=O) groups is 1. The molecule has 0 unspecified atom stereocenters. The number of rotatable bonds is 6. The summed E-state index contributed by atoms with van der Waals surface area (Å²) in [7, 11) is 1.87. The van der Waals surface area contributed by atoms with Crippen LogP contribution in [0.4, 0.5) is 0 Å². The van der Waals surface area contributed by atoms with Gasteiger partial charge in [0.15, 0.2) is 6.61 Å². The van der Waals surface area contributed by atoms with Crippen molar-refractivity contribution in [2.24, 2.45) is 0 Å². The third-order valence-electron chi connectivity index (χ3n) is 5.03. The van der Waals surface area contributed by atoms with Crippen LogP contribution in [0.3, 0.4) is 0 Å². The van der Waals surface area contributed by atoms with Crippen molar-refractivity contribution >= 4 is 5.91 Å². The third-order valence-corrected chi connectivity index (χ3v) is 5.03. The second kappa shape index (κ2) is 8.95. The Morgan fingerprint density at radius 2 is 1.78 bits per heavy atom. The minimum absolute atomic E-state index is 0.0242. The molecule has 0 aliphatic carbocycles. The highest BCUT2D eigenvalue weighted by Crippen LogP contribution is 2.18. The van der Waals surface area contributed by atoms with Crippen molar-refractivity contribution in [2.75, 3.05) is 26.7 Å². The number of hydrogen-bond acceptors (Lipinski definition) is 5. The standard InChI is InChI=1S/C21H28N4O2/c1-16-13-17(2)23-21(22-16)27-15-20(26)24(3)19-9-11-25(12-10-19)14-18-7-5-4-6-8-18/h4-8,13,19H,9-12,14-15H2,1-3H3. The summed E-state index contributed by atoms with van der Waals surface area (Å²) >= 11 is 0. The van der Waals surface area contributed by atoms with Crippen molar-refractivity contribution in [3.8, 4) is 6.01 Å². The van der Waals surface area contributed by atoms with E-state index in [4.69, 9.17) is 4.74 Å². The zero-order valence-corrected chi connectivity index (χ0v) is 16.4. The maximum Gasteiger partial charge on any atom is 0.317 e. The van der Waals surface area contributed by atoms with E-state index >= 15 is 0 Å². The maximum absolute atomic E-state index is 12.5. The monoisotopic (exact) mass is 368 g/mol. The van der Waals surface area contributed by atoms with E-state index in [0.717, 1.165) is 43.9 Å². The molecule has 1 fully saturated rings. The first-order valence-electron chi connectivity index (χ1n) is 9.48. The summed E-state index contributed by atoms with van der Waals surface area (Å²) in [4.78, 5) is 25.2. The normalized spacial score (nSPS) is 15.5. The lowest BCUT2D eigenvalue weighted by molar-refractivity contribution is -0.135. The number of amides is 1. The van der Waals surface area contributed by atoms with E-state index in [0.29, 0.717) is 0 Å². The molecule has 1 aromatic carbocycles. The summed E-state index contributed by atoms with van der Waals surface area (Å²) in [6.07, 6.45) is 1.96. The molecule has 1 aliphatic heterocycles. The van der Waals surface area contributed by atoms with Gasteiger partial charge >= 0.3 is 6.01 Å². The summed E-state index contributed by atoms with van der Waals surface area (Å²) in [5.74, 6) is -0.0285. The number of nitrogens with zero attached hydrogens (tertiary/aromatic N) is 4. The quantitative estimate of drug-likeness (QED) is 0.784. The SMILES string of the molecule is Cc1cc(C)nc(OCC(=O)N(C)C2CCN(Cc3ccccc3)CC2)n1. The lowest BCUT2D eigenvalue weighted by atomic mass is 10.0. The predicted octanol–water partition coefficient (Wildman–Crippen LogP) is 2.60. The number of benzene rings is 1. The molecule has 2 heterocycles. The molecule has 1 saturated heterocycles. The molecule has 0 bridgehead atoms. The van der Waals surface area contributed by atoms with Crippen LogP contribution in [0.15, 0.2) is 36.4 Å². The fourth-order valence-corrected chi connectivity index (χ4v) is 3.50. The second-order valence-corrected chi connectivity index (χ2v) is 7.22. The van der Waals surface area contributed by atoms with Crippen LogP contribution in [0, 0.1) is 13.8 Å². The molecule has 0 atom stereocenters. The van der Waals surface area contributed by atoms with Crippen molar-refractivity contribution < 1.29 is 9.53 Å². The zero-order chi connectivity index (χ0) is 19.2. The van der Waals surface area contributed by atoms with Gasteiger partial charge in [-0.2, -0.15) is 0 Å². The first kappa shape index (κ1) is 19.3. The Kier molecular flexibility index (Phi) is 6.40. The Morgan fingerprint density at radius 1 is 1.15 bits per heavy atom. The van der Waals surface area contributed by atoms with Gasteiger partial charge < -0.3 is 9.64 Å². The Bertz CT molecular complexity index is 738. The van der Waals surface area contributed by atoms with Crippen LogP contribution in [-0.2, 0) is 11.3 Å². The first-order valence-corrected chi connectivity index (χ1v) is 9.48. The molecule has 0 radical (unpaired) electrons. The number of ether oxygens (including phenoxy) is 1. The molecule has 144 valence electrons. The van der Waals surface area contributed by atoms with Gasteiger partial charge in [0, 0.05) is 44.1 Å². The maximum atomic E-state index is 12.5. The minimum Gasteiger partial charge on any atom is -0.453 e. The number of piperidine rings is 1. The number of carbonyl (C=O) groups excluding carboxylic acids is 1. The largest absolute Gasteiger partial charge is 0.453 e. The zero-order valence-electron chi connectivity index (χ0n) is 16.4. The van der Waals surface area contributed by atoms with Gasteiger partial charge in [0.05, 0.1) is 0 Å². The number of hydrogen-bond donors (Lipinski definition) is 0. The van der Waals surface area contributed by atoms with Gasteiger partial charge in [0.1, 0.15) is 0 Å². The van der Waals surface area contributed by atoms with Gasteiger partial charge in [-0.15, -0.1) is 0 Å². The van der Waals surface area contributed by atoms with Gasteiger partial charge in [0.25, 0.3) is 5.91 Å². The molecular formula is C21H28N4O2. The summed E-state index contributed by atoms with van der Waals surface area (Å²) in [5, 5.41) is 0. The molecule has 27 heavy (non-hydrogen) atoms. The van der Waals surface area contributed by atoms with E-state index in [1.165, 1.54) is 5.56 Å². The van der Waals surface area contributed by atoms with Crippen LogP contribution >= 0.6 is 0 Å². The van der Waals surface area contributed by atoms with Crippen molar-refractivity contribution in [1.29, 1.82) is 0 Å². The molecule has 6 nitrogen and oxygen atoms in total. The molecule has 0 N–H and O–H groups in total. The van der Waals surface area contributed by atoms with Crippen molar-refractivity contribution in [1.82, 2.24) is 19.8 Å². The minimum atomic E-state index is -0.0285. The lowest BCUT2D eigenvalue weighted by Gasteiger charge is -2.36. The number of likely N-dealkylation sites (tertiary alicyclic amines) is 1. The van der Waals surface area contributed by atoms with Crippen LogP contribution in [0.25, 0.3) is 0 Å². The molecule has 0 spiro atoms. The molecular weight excluding hydrogens is 340 g/mol. The lowest BCUT2D eigenvalue weighted by Crippen LogP contribution is -2.46. The molecule has 3 rings (SSSR count). The Morgan fingerprint density at radius 3 is 2.41 bits per heavy atom. The molecule has 1 amide bonds. The highest BCUT2D eigenvalue weighted by molar-refractivity contribution is 5.77. The van der Waals surface area contributed by atoms with Gasteiger partial charge in [-0.3, -0.25) is 9.69 Å². The van der Waals surface area contributed by atoms with Gasteiger partial charge in [-0.25, -0.2) is 9.97 Å². The Hall–Kier alpha value is -2.47. The van der Waals surface area contributed by atoms with Crippen molar-refractivity contribution in [3.63, 3.8) is 0 Å². The predicted molar refractivity (Wildman–Crippen MR) is 105 cm³/mol. The van der Waals surface area contributed by atoms with Gasteiger partial charge in [-0.05, 0) is 38.3 Å². The first-order chi connectivity index (χ1) is 13.0. The van der Waals surface area contributed by atoms with E-state index in [1.54, 1.807) is 0 Å². The fourth-order valence-electron chi connectivity index (χ4n) is 3.50. The van der Waals surface area contributed by atoms with Crippen LogP contribution in [0.5, 0.6) is 6.01 Å². The summed E-state index contributed by atoms with van der Waals surface area (Å²) in [6.45, 7) is 6.72. The molecule has 1 aromatic heterocycles. The van der Waals surface area contributed by atoms with E-state index in [2.05, 4.69) is 39.1 Å². The van der Waals surface area contributed by atoms with E-state index in [9.17, 15) is 4.79 Å². The van der Waals surface area contributed by atoms with Crippen molar-refractivity contribution in [2.45, 2.75) is 39.3 Å². The average Bonchev–Trinajstić information content (AvgIpc) is 2.66. The molecule has 1 aliphatic rings. The highest BCUT2D eigenvalue weighted by Gasteiger charge is 2.25. The average molecular weight is 368 g/mol. The van der Waals surface area contributed by atoms with E-state index in [1.807, 2.05) is 37.9 Å². The van der Waals surface area contributed by atoms with Crippen LogP contribution in [-0.4, -0.2) is 58.5 Å². The topological polar surface area (TPSA) is 58.6 Å². The number of likely N-dealkylation sites (N-methyl/N-ethyl adjacent to an activating group) is 1. The summed E-state index contributed by atoms with van der Waals surface area (Å²) < 4.78 is 5.52. The second-order valence-electron chi connectivity index (χ2n) is 7.22. The Balaban J connectivity index is 1.45. The number of aryl methyl sites for hydroxylation is 2. The smallest absolute Gasteiger partial charge is 0.317 e. The van der Waals surface area contributed by atoms with Crippen LogP contribution < -0.4 is 4.74 Å². The van der Waals surface area contributed by atoms with Crippen LogP contribution in [0.1, 0.15) is 29.8 Å². The van der Waals surface area contributed by atoms with E-state index < -0.39 is 0 Å². The fraction of sp³-hybridized carbons (Fsp3) is 0.476. The number of aromatic nitrogens is 2. The van der Waals surface area contributed by atoms with E-state index in [-0.39, 0.29) is 24.6 Å². The van der Waals surface area contributed by atoms with Gasteiger partial charge in [-0.1, -0.05) is 30.3 Å². The summed E-state index contributed by atoms with van der Waals surface area (Å²) in [5.41, 5.74) is 3.01. The van der Waals surface area contributed by atoms with Crippen LogP contribution in [0.2, 0.25) is 0 Å². The third kappa shape index (κ3) is 5.50. The molecule has 6 heteroatoms. The Labute approximate surface area is 161 Å². The molecule has 2 aromatic rings. The van der Waals surface area contributed by atoms with Gasteiger partial charge in [0.2, 0.25) is 0 Å². The van der Waals surface area contributed by atoms with Crippen molar-refractivity contribution in [3.05, 3.63) is 53.3 Å². The highest BCUT2D eigenvalue weighted by atomic mass is 16.5.